The first kappa shape index (κ1) is 24.3. The number of carbonyl (C=O) groups is 1. The number of ether oxygens (including phenoxy) is 1. The lowest BCUT2D eigenvalue weighted by Crippen LogP contribution is -2.68. The second-order valence-corrected chi connectivity index (χ2v) is 12.3. The molecule has 1 aromatic rings. The second-order valence-electron chi connectivity index (χ2n) is 12.3. The molecule has 2 heterocycles. The highest BCUT2D eigenvalue weighted by Crippen LogP contribution is 2.70. The second kappa shape index (κ2) is 8.47. The smallest absolute Gasteiger partial charge is 0.331 e. The Morgan fingerprint density at radius 1 is 1.08 bits per heavy atom. The van der Waals surface area contributed by atoms with Crippen LogP contribution in [0, 0.1) is 28.6 Å². The van der Waals surface area contributed by atoms with Gasteiger partial charge in [-0.1, -0.05) is 6.92 Å². The van der Waals surface area contributed by atoms with E-state index in [1.54, 1.807) is 18.5 Å². The van der Waals surface area contributed by atoms with Gasteiger partial charge in [0.25, 0.3) is 0 Å². The predicted octanol–water partition coefficient (Wildman–Crippen LogP) is 3.37. The van der Waals surface area contributed by atoms with Gasteiger partial charge in [-0.15, -0.1) is 0 Å². The van der Waals surface area contributed by atoms with Crippen LogP contribution in [-0.4, -0.2) is 56.4 Å². The highest BCUT2D eigenvalue weighted by Gasteiger charge is 2.71. The molecule has 8 atom stereocenters. The van der Waals surface area contributed by atoms with Crippen LogP contribution in [0.2, 0.25) is 0 Å². The van der Waals surface area contributed by atoms with Crippen LogP contribution >= 0.6 is 0 Å². The molecular formula is C29H38N2O5. The van der Waals surface area contributed by atoms with Gasteiger partial charge in [0, 0.05) is 41.9 Å². The van der Waals surface area contributed by atoms with Gasteiger partial charge >= 0.3 is 5.97 Å². The molecule has 5 aliphatic rings. The molecule has 1 aromatic heterocycles. The van der Waals surface area contributed by atoms with E-state index in [0.29, 0.717) is 45.3 Å². The summed E-state index contributed by atoms with van der Waals surface area (Å²) in [6, 6.07) is 3.91. The molecule has 4 saturated carbocycles. The zero-order chi connectivity index (χ0) is 25.2. The van der Waals surface area contributed by atoms with Gasteiger partial charge in [0.05, 0.1) is 23.9 Å². The third-order valence-corrected chi connectivity index (χ3v) is 11.0. The zero-order valence-electron chi connectivity index (χ0n) is 21.1. The van der Waals surface area contributed by atoms with Crippen molar-refractivity contribution in [1.82, 2.24) is 4.98 Å². The number of aliphatic imine (C=N–C) groups is 1. The number of aromatic nitrogens is 1. The number of esters is 1. The average Bonchev–Trinajstić information content (AvgIpc) is 3.40. The maximum atomic E-state index is 12.5. The highest BCUT2D eigenvalue weighted by molar-refractivity contribution is 5.85. The van der Waals surface area contributed by atoms with Crippen molar-refractivity contribution >= 4 is 12.2 Å². The van der Waals surface area contributed by atoms with Gasteiger partial charge in [0.15, 0.2) is 0 Å². The number of rotatable bonds is 4. The van der Waals surface area contributed by atoms with E-state index < -0.39 is 22.7 Å². The third-order valence-electron chi connectivity index (χ3n) is 11.0. The van der Waals surface area contributed by atoms with E-state index >= 15 is 0 Å². The predicted molar refractivity (Wildman–Crippen MR) is 134 cm³/mol. The lowest BCUT2D eigenvalue weighted by molar-refractivity contribution is -0.237. The fourth-order valence-corrected chi connectivity index (χ4v) is 9.16. The first-order valence-corrected chi connectivity index (χ1v) is 13.6. The van der Waals surface area contributed by atoms with Crippen molar-refractivity contribution in [2.24, 2.45) is 33.6 Å². The summed E-state index contributed by atoms with van der Waals surface area (Å²) in [4.78, 5) is 20.8. The summed E-state index contributed by atoms with van der Waals surface area (Å²) in [7, 11) is 0. The van der Waals surface area contributed by atoms with Crippen molar-refractivity contribution in [3.05, 3.63) is 41.7 Å². The van der Waals surface area contributed by atoms with Crippen LogP contribution < -0.4 is 0 Å². The zero-order valence-corrected chi connectivity index (χ0v) is 21.1. The molecular weight excluding hydrogens is 456 g/mol. The maximum absolute atomic E-state index is 12.5. The molecule has 194 valence electrons. The van der Waals surface area contributed by atoms with Crippen LogP contribution in [-0.2, 0) is 16.1 Å². The van der Waals surface area contributed by atoms with Crippen molar-refractivity contribution in [2.45, 2.75) is 88.6 Å². The molecule has 0 amide bonds. The normalized spacial score (nSPS) is 46.1. The molecule has 0 aromatic carbocycles. The quantitative estimate of drug-likeness (QED) is 0.437. The van der Waals surface area contributed by atoms with E-state index in [1.165, 1.54) is 0 Å². The van der Waals surface area contributed by atoms with Crippen LogP contribution in [0.5, 0.6) is 0 Å². The topological polar surface area (TPSA) is 112 Å². The summed E-state index contributed by atoms with van der Waals surface area (Å²) in [5, 5.41) is 35.1. The molecule has 0 bridgehead atoms. The molecule has 3 N–H and O–H groups in total. The van der Waals surface area contributed by atoms with Crippen LogP contribution in [0.4, 0.5) is 0 Å². The Hall–Kier alpha value is -2.09. The standard InChI is InChI=1S/C29H38N2O5/c1-26-8-3-23-24(29(26,35)11-5-22(26)20-14-25(33)36-17-20)4-10-28(34)15-21(32)2-9-27(23,28)18-31-16-19-6-12-30-13-7-19/h6-7,12-14,18,21-24,32,34-35H,2-5,8-11,15-17H2,1H3/t21-,22-,23+,24-,26-,27+,28-,29-/m1/s1. The van der Waals surface area contributed by atoms with Gasteiger partial charge in [-0.05, 0) is 92.4 Å². The Bertz CT molecular complexity index is 1090. The SMILES string of the molecule is C[C@]12CC[C@H]3[C@@H](CC[C@@]4(O)C[C@H](O)CC[C@]34C=NCc3ccncc3)[C@]1(O)CC[C@@H]2C1=CC(=O)OC1. The van der Waals surface area contributed by atoms with Crippen molar-refractivity contribution in [1.29, 1.82) is 0 Å². The van der Waals surface area contributed by atoms with E-state index in [0.717, 1.165) is 36.8 Å². The molecule has 0 radical (unpaired) electrons. The van der Waals surface area contributed by atoms with Crippen molar-refractivity contribution in [2.75, 3.05) is 6.61 Å². The van der Waals surface area contributed by atoms with Crippen LogP contribution in [0.1, 0.15) is 70.3 Å². The number of aliphatic hydroxyl groups excluding tert-OH is 1. The van der Waals surface area contributed by atoms with E-state index in [2.05, 4.69) is 11.9 Å². The lowest BCUT2D eigenvalue weighted by atomic mass is 9.41. The van der Waals surface area contributed by atoms with Gasteiger partial charge in [0.1, 0.15) is 6.61 Å². The lowest BCUT2D eigenvalue weighted by Gasteiger charge is -2.65. The van der Waals surface area contributed by atoms with Gasteiger partial charge in [0.2, 0.25) is 0 Å². The number of nitrogens with zero attached hydrogens (tertiary/aromatic N) is 2. The number of carbonyl (C=O) groups excluding carboxylic acids is 1. The number of pyridine rings is 1. The minimum absolute atomic E-state index is 0.0442. The molecule has 0 unspecified atom stereocenters. The number of aliphatic hydroxyl groups is 3. The minimum Gasteiger partial charge on any atom is -0.458 e. The Labute approximate surface area is 212 Å². The minimum atomic E-state index is -1.02. The van der Waals surface area contributed by atoms with E-state index in [1.807, 2.05) is 18.3 Å². The molecule has 7 nitrogen and oxygen atoms in total. The summed E-state index contributed by atoms with van der Waals surface area (Å²) < 4.78 is 5.24. The molecule has 36 heavy (non-hydrogen) atoms. The van der Waals surface area contributed by atoms with E-state index in [-0.39, 0.29) is 29.1 Å². The molecule has 4 aliphatic carbocycles. The fraction of sp³-hybridized carbons (Fsp3) is 0.690. The molecule has 4 fully saturated rings. The van der Waals surface area contributed by atoms with Crippen LogP contribution in [0.3, 0.4) is 0 Å². The summed E-state index contributed by atoms with van der Waals surface area (Å²) in [6.45, 7) is 3.07. The molecule has 6 rings (SSSR count). The van der Waals surface area contributed by atoms with Gasteiger partial charge in [-0.3, -0.25) is 9.98 Å². The van der Waals surface area contributed by atoms with E-state index in [9.17, 15) is 20.1 Å². The Morgan fingerprint density at radius 2 is 1.86 bits per heavy atom. The fourth-order valence-electron chi connectivity index (χ4n) is 9.16. The summed E-state index contributed by atoms with van der Waals surface area (Å²) >= 11 is 0. The Morgan fingerprint density at radius 3 is 2.61 bits per heavy atom. The molecule has 0 saturated heterocycles. The van der Waals surface area contributed by atoms with Gasteiger partial charge in [-0.2, -0.15) is 0 Å². The van der Waals surface area contributed by atoms with Crippen molar-refractivity contribution in [3.63, 3.8) is 0 Å². The number of hydrogen-bond acceptors (Lipinski definition) is 7. The van der Waals surface area contributed by atoms with Crippen molar-refractivity contribution in [3.8, 4) is 0 Å². The number of cyclic esters (lactones) is 1. The monoisotopic (exact) mass is 494 g/mol. The molecule has 7 heteroatoms. The third kappa shape index (κ3) is 3.38. The number of fused-ring (bicyclic) bond motifs is 5. The maximum Gasteiger partial charge on any atom is 0.331 e. The molecule has 0 spiro atoms. The first-order valence-electron chi connectivity index (χ1n) is 13.6. The van der Waals surface area contributed by atoms with Crippen LogP contribution in [0.25, 0.3) is 0 Å². The van der Waals surface area contributed by atoms with E-state index in [4.69, 9.17) is 9.73 Å². The van der Waals surface area contributed by atoms with Gasteiger partial charge < -0.3 is 20.1 Å². The summed E-state index contributed by atoms with van der Waals surface area (Å²) in [5.41, 5.74) is -0.686. The Balaban J connectivity index is 1.35. The van der Waals surface area contributed by atoms with Crippen molar-refractivity contribution < 1.29 is 24.9 Å². The highest BCUT2D eigenvalue weighted by atomic mass is 16.5. The summed E-state index contributed by atoms with van der Waals surface area (Å²) in [6.07, 6.45) is 12.9. The Kier molecular flexibility index (Phi) is 5.71. The summed E-state index contributed by atoms with van der Waals surface area (Å²) in [5.74, 6) is 0.00532. The first-order chi connectivity index (χ1) is 17.2. The largest absolute Gasteiger partial charge is 0.458 e. The average molecular weight is 495 g/mol. The molecule has 1 aliphatic heterocycles. The number of hydrogen-bond donors (Lipinski definition) is 3. The van der Waals surface area contributed by atoms with Crippen LogP contribution in [0.15, 0.2) is 41.2 Å². The van der Waals surface area contributed by atoms with Gasteiger partial charge in [-0.25, -0.2) is 4.79 Å².